The third-order valence-electron chi connectivity index (χ3n) is 3.91. The van der Waals surface area contributed by atoms with E-state index in [9.17, 15) is 0 Å². The molecule has 0 spiro atoms. The number of guanidine groups is 1. The summed E-state index contributed by atoms with van der Waals surface area (Å²) in [6.07, 6.45) is 4.78. The quantitative estimate of drug-likeness (QED) is 0.277. The van der Waals surface area contributed by atoms with Gasteiger partial charge in [0.25, 0.3) is 0 Å². The Balaban J connectivity index is 0.00000312. The van der Waals surface area contributed by atoms with Crippen molar-refractivity contribution >= 4 is 29.9 Å². The molecule has 0 fully saturated rings. The van der Waals surface area contributed by atoms with E-state index in [0.717, 1.165) is 32.0 Å². The Labute approximate surface area is 167 Å². The van der Waals surface area contributed by atoms with E-state index in [4.69, 9.17) is 0 Å². The van der Waals surface area contributed by atoms with Crippen LogP contribution in [0.2, 0.25) is 0 Å². The van der Waals surface area contributed by atoms with Crippen molar-refractivity contribution in [1.29, 1.82) is 0 Å². The molecule has 2 rings (SSSR count). The predicted octanol–water partition coefficient (Wildman–Crippen LogP) is 2.36. The van der Waals surface area contributed by atoms with Crippen molar-refractivity contribution in [2.75, 3.05) is 34.2 Å². The normalized spacial score (nSPS) is 12.6. The third kappa shape index (κ3) is 7.43. The lowest BCUT2D eigenvalue weighted by Gasteiger charge is -2.26. The molecule has 0 amide bonds. The SMILES string of the molecule is CN=C(NCCCn1cccn1)NCC(c1ccccc1)N(C)C.I. The Morgan fingerprint density at radius 3 is 2.56 bits per heavy atom. The fourth-order valence-electron chi connectivity index (χ4n) is 2.57. The van der Waals surface area contributed by atoms with Crippen LogP contribution in [0.15, 0.2) is 53.8 Å². The minimum atomic E-state index is 0. The molecular weight excluding hydrogens is 427 g/mol. The molecule has 0 saturated carbocycles. The molecule has 0 bridgehead atoms. The van der Waals surface area contributed by atoms with E-state index in [1.807, 2.05) is 23.0 Å². The molecule has 0 aliphatic rings. The number of rotatable bonds is 8. The lowest BCUT2D eigenvalue weighted by atomic mass is 10.1. The Hall–Kier alpha value is -1.61. The molecule has 1 aromatic heterocycles. The van der Waals surface area contributed by atoms with Gasteiger partial charge in [-0.15, -0.1) is 24.0 Å². The van der Waals surface area contributed by atoms with Crippen LogP contribution >= 0.6 is 24.0 Å². The first kappa shape index (κ1) is 21.4. The summed E-state index contributed by atoms with van der Waals surface area (Å²) in [6.45, 7) is 2.56. The van der Waals surface area contributed by atoms with E-state index < -0.39 is 0 Å². The number of aryl methyl sites for hydroxylation is 1. The van der Waals surface area contributed by atoms with Crippen molar-refractivity contribution in [2.45, 2.75) is 19.0 Å². The number of nitrogens with zero attached hydrogens (tertiary/aromatic N) is 4. The number of likely N-dealkylation sites (N-methyl/N-ethyl adjacent to an activating group) is 1. The van der Waals surface area contributed by atoms with Gasteiger partial charge in [0.2, 0.25) is 0 Å². The topological polar surface area (TPSA) is 57.5 Å². The molecule has 1 aromatic carbocycles. The molecule has 1 unspecified atom stereocenters. The predicted molar refractivity (Wildman–Crippen MR) is 114 cm³/mol. The smallest absolute Gasteiger partial charge is 0.191 e. The molecule has 0 radical (unpaired) electrons. The number of nitrogens with one attached hydrogen (secondary N) is 2. The first-order valence-electron chi connectivity index (χ1n) is 8.34. The number of hydrogen-bond acceptors (Lipinski definition) is 3. The van der Waals surface area contributed by atoms with Crippen LogP contribution in [0.1, 0.15) is 18.0 Å². The van der Waals surface area contributed by atoms with E-state index in [-0.39, 0.29) is 24.0 Å². The summed E-state index contributed by atoms with van der Waals surface area (Å²) in [5.41, 5.74) is 1.30. The van der Waals surface area contributed by atoms with Gasteiger partial charge in [-0.1, -0.05) is 30.3 Å². The van der Waals surface area contributed by atoms with Gasteiger partial charge in [0.1, 0.15) is 0 Å². The summed E-state index contributed by atoms with van der Waals surface area (Å²) in [7, 11) is 6.00. The highest BCUT2D eigenvalue weighted by Gasteiger charge is 2.14. The zero-order chi connectivity index (χ0) is 17.2. The lowest BCUT2D eigenvalue weighted by Crippen LogP contribution is -2.42. The van der Waals surface area contributed by atoms with Crippen LogP contribution in [0.5, 0.6) is 0 Å². The van der Waals surface area contributed by atoms with Crippen LogP contribution in [0.4, 0.5) is 0 Å². The standard InChI is InChI=1S/C18H28N6.HI/c1-19-18(20-11-7-13-24-14-8-12-22-24)21-15-17(23(2)3)16-9-5-4-6-10-16;/h4-6,8-10,12,14,17H,7,11,13,15H2,1-3H3,(H2,19,20,21);1H. The molecule has 0 saturated heterocycles. The number of aliphatic imine (C=N–C) groups is 1. The van der Waals surface area contributed by atoms with E-state index >= 15 is 0 Å². The van der Waals surface area contributed by atoms with Crippen molar-refractivity contribution in [3.63, 3.8) is 0 Å². The number of aromatic nitrogens is 2. The van der Waals surface area contributed by atoms with Crippen LogP contribution in [-0.4, -0.2) is 54.9 Å². The number of halogens is 1. The first-order valence-corrected chi connectivity index (χ1v) is 8.34. The second kappa shape index (κ2) is 11.9. The van der Waals surface area contributed by atoms with Crippen LogP contribution in [0.3, 0.4) is 0 Å². The van der Waals surface area contributed by atoms with E-state index in [0.29, 0.717) is 6.04 Å². The van der Waals surface area contributed by atoms with Crippen LogP contribution in [0.25, 0.3) is 0 Å². The van der Waals surface area contributed by atoms with Gasteiger partial charge in [-0.2, -0.15) is 5.10 Å². The molecule has 25 heavy (non-hydrogen) atoms. The maximum Gasteiger partial charge on any atom is 0.191 e. The van der Waals surface area contributed by atoms with Gasteiger partial charge in [0.05, 0.1) is 6.04 Å². The van der Waals surface area contributed by atoms with Crippen LogP contribution in [-0.2, 0) is 6.54 Å². The zero-order valence-electron chi connectivity index (χ0n) is 15.2. The summed E-state index contributed by atoms with van der Waals surface area (Å²) < 4.78 is 1.94. The molecule has 138 valence electrons. The van der Waals surface area contributed by atoms with Crippen molar-refractivity contribution in [3.05, 3.63) is 54.4 Å². The fourth-order valence-corrected chi connectivity index (χ4v) is 2.57. The Morgan fingerprint density at radius 2 is 1.96 bits per heavy atom. The molecule has 2 N–H and O–H groups in total. The highest BCUT2D eigenvalue weighted by Crippen LogP contribution is 2.16. The van der Waals surface area contributed by atoms with Gasteiger partial charge in [-0.3, -0.25) is 9.67 Å². The van der Waals surface area contributed by atoms with Gasteiger partial charge in [-0.25, -0.2) is 0 Å². The average Bonchev–Trinajstić information content (AvgIpc) is 3.11. The van der Waals surface area contributed by atoms with Gasteiger partial charge in [0.15, 0.2) is 5.96 Å². The molecule has 1 atom stereocenters. The molecule has 2 aromatic rings. The summed E-state index contributed by atoms with van der Waals surface area (Å²) in [5.74, 6) is 0.832. The number of hydrogen-bond donors (Lipinski definition) is 2. The third-order valence-corrected chi connectivity index (χ3v) is 3.91. The average molecular weight is 456 g/mol. The van der Waals surface area contributed by atoms with E-state index in [2.05, 4.69) is 64.0 Å². The summed E-state index contributed by atoms with van der Waals surface area (Å²) in [6, 6.07) is 12.8. The fraction of sp³-hybridized carbons (Fsp3) is 0.444. The molecule has 0 aliphatic heterocycles. The lowest BCUT2D eigenvalue weighted by molar-refractivity contribution is 0.298. The van der Waals surface area contributed by atoms with Crippen LogP contribution in [0, 0.1) is 0 Å². The highest BCUT2D eigenvalue weighted by atomic mass is 127. The second-order valence-electron chi connectivity index (χ2n) is 5.89. The Bertz CT molecular complexity index is 597. The van der Waals surface area contributed by atoms with Crippen molar-refractivity contribution in [1.82, 2.24) is 25.3 Å². The summed E-state index contributed by atoms with van der Waals surface area (Å²) in [5, 5.41) is 11.0. The van der Waals surface area contributed by atoms with Gasteiger partial charge in [-0.05, 0) is 32.1 Å². The maximum atomic E-state index is 4.30. The van der Waals surface area contributed by atoms with Gasteiger partial charge >= 0.3 is 0 Å². The van der Waals surface area contributed by atoms with Gasteiger partial charge < -0.3 is 15.5 Å². The summed E-state index contributed by atoms with van der Waals surface area (Å²) in [4.78, 5) is 6.52. The minimum absolute atomic E-state index is 0. The molecule has 1 heterocycles. The Morgan fingerprint density at radius 1 is 1.20 bits per heavy atom. The first-order chi connectivity index (χ1) is 11.7. The molecular formula is C18H29IN6. The largest absolute Gasteiger partial charge is 0.356 e. The monoisotopic (exact) mass is 456 g/mol. The van der Waals surface area contributed by atoms with E-state index in [1.165, 1.54) is 5.56 Å². The molecule has 0 aliphatic carbocycles. The highest BCUT2D eigenvalue weighted by molar-refractivity contribution is 14.0. The van der Waals surface area contributed by atoms with Crippen molar-refractivity contribution in [2.24, 2.45) is 4.99 Å². The Kier molecular flexibility index (Phi) is 10.2. The van der Waals surface area contributed by atoms with Crippen molar-refractivity contribution in [3.8, 4) is 0 Å². The second-order valence-corrected chi connectivity index (χ2v) is 5.89. The maximum absolute atomic E-state index is 4.30. The number of benzene rings is 1. The van der Waals surface area contributed by atoms with Crippen molar-refractivity contribution < 1.29 is 0 Å². The van der Waals surface area contributed by atoms with Crippen LogP contribution < -0.4 is 10.6 Å². The minimum Gasteiger partial charge on any atom is -0.356 e. The van der Waals surface area contributed by atoms with E-state index in [1.54, 1.807) is 13.2 Å². The molecule has 6 nitrogen and oxygen atoms in total. The van der Waals surface area contributed by atoms with Gasteiger partial charge in [0, 0.05) is 39.1 Å². The summed E-state index contributed by atoms with van der Waals surface area (Å²) >= 11 is 0. The zero-order valence-corrected chi connectivity index (χ0v) is 17.6. The molecule has 7 heteroatoms.